The summed E-state index contributed by atoms with van der Waals surface area (Å²) in [7, 11) is -4.42. The lowest BCUT2D eigenvalue weighted by Gasteiger charge is -2.11. The summed E-state index contributed by atoms with van der Waals surface area (Å²) in [6, 6.07) is 4.34. The van der Waals surface area contributed by atoms with Crippen molar-refractivity contribution in [2.45, 2.75) is 4.90 Å². The van der Waals surface area contributed by atoms with E-state index in [-0.39, 0.29) is 10.2 Å². The first-order valence-corrected chi connectivity index (χ1v) is 7.71. The smallest absolute Gasteiger partial charge is 0.265 e. The van der Waals surface area contributed by atoms with Crippen LogP contribution in [0.15, 0.2) is 39.7 Å². The summed E-state index contributed by atoms with van der Waals surface area (Å²) in [4.78, 5) is -0.752. The highest BCUT2D eigenvalue weighted by molar-refractivity contribution is 9.10. The molecule has 0 atom stereocenters. The molecule has 2 aromatic carbocycles. The van der Waals surface area contributed by atoms with Crippen LogP contribution >= 0.6 is 15.9 Å². The van der Waals surface area contributed by atoms with Gasteiger partial charge in [-0.3, -0.25) is 4.72 Å². The first-order valence-electron chi connectivity index (χ1n) is 5.43. The summed E-state index contributed by atoms with van der Waals surface area (Å²) in [5, 5.41) is 0. The van der Waals surface area contributed by atoms with Crippen LogP contribution in [0.2, 0.25) is 0 Å². The molecule has 0 bridgehead atoms. The Kier molecular flexibility index (Phi) is 4.15. The van der Waals surface area contributed by atoms with E-state index in [2.05, 4.69) is 15.9 Å². The van der Waals surface area contributed by atoms with Crippen molar-refractivity contribution in [3.8, 4) is 0 Å². The molecule has 0 radical (unpaired) electrons. The summed E-state index contributed by atoms with van der Waals surface area (Å²) in [6.45, 7) is 0. The van der Waals surface area contributed by atoms with E-state index in [0.717, 1.165) is 18.2 Å². The molecule has 3 N–H and O–H groups in total. The van der Waals surface area contributed by atoms with Crippen LogP contribution in [0.1, 0.15) is 0 Å². The molecule has 0 aliphatic heterocycles. The molecule has 0 saturated heterocycles. The van der Waals surface area contributed by atoms with Gasteiger partial charge in [-0.25, -0.2) is 21.6 Å². The lowest BCUT2D eigenvalue weighted by Crippen LogP contribution is -2.16. The molecule has 112 valence electrons. The van der Waals surface area contributed by atoms with Crippen molar-refractivity contribution in [2.24, 2.45) is 0 Å². The Balaban J connectivity index is 2.48. The van der Waals surface area contributed by atoms with Gasteiger partial charge in [0.1, 0.15) is 16.5 Å². The van der Waals surface area contributed by atoms with E-state index in [1.165, 1.54) is 6.07 Å². The summed E-state index contributed by atoms with van der Waals surface area (Å²) in [5.41, 5.74) is 4.95. The number of anilines is 2. The number of nitrogen functional groups attached to an aromatic ring is 1. The number of hydrogen-bond donors (Lipinski definition) is 2. The average molecular weight is 381 g/mol. The number of benzene rings is 2. The van der Waals surface area contributed by atoms with Gasteiger partial charge < -0.3 is 5.73 Å². The van der Waals surface area contributed by atoms with Gasteiger partial charge in [0.25, 0.3) is 10.0 Å². The first-order chi connectivity index (χ1) is 9.70. The highest BCUT2D eigenvalue weighted by Gasteiger charge is 2.23. The molecule has 0 saturated carbocycles. The number of rotatable bonds is 3. The third kappa shape index (κ3) is 3.30. The van der Waals surface area contributed by atoms with Crippen molar-refractivity contribution in [1.29, 1.82) is 0 Å². The minimum atomic E-state index is -4.42. The molecule has 4 nitrogen and oxygen atoms in total. The van der Waals surface area contributed by atoms with E-state index in [4.69, 9.17) is 5.73 Å². The zero-order chi connectivity index (χ0) is 15.8. The minimum absolute atomic E-state index is 0.00299. The molecule has 0 unspecified atom stereocenters. The summed E-state index contributed by atoms with van der Waals surface area (Å²) in [5.74, 6) is -3.06. The van der Waals surface area contributed by atoms with Gasteiger partial charge in [-0.05, 0) is 40.2 Å². The molecule has 0 spiro atoms. The molecule has 0 heterocycles. The molecular weight excluding hydrogens is 373 g/mol. The molecule has 0 fully saturated rings. The van der Waals surface area contributed by atoms with Crippen LogP contribution in [-0.2, 0) is 10.0 Å². The average Bonchev–Trinajstić information content (AvgIpc) is 2.37. The molecule has 9 heteroatoms. The zero-order valence-corrected chi connectivity index (χ0v) is 12.6. The standard InChI is InChI=1S/C12H8BrF3N2O2S/c13-8-4-7(17)5-11(12(8)16)21(19,20)18-10-2-1-6(14)3-9(10)15/h1-5,18H,17H2. The van der Waals surface area contributed by atoms with E-state index in [1.807, 2.05) is 4.72 Å². The third-order valence-corrected chi connectivity index (χ3v) is 4.42. The molecule has 0 amide bonds. The van der Waals surface area contributed by atoms with Crippen LogP contribution in [0, 0.1) is 17.5 Å². The molecule has 2 aromatic rings. The first kappa shape index (κ1) is 15.6. The second kappa shape index (κ2) is 5.57. The van der Waals surface area contributed by atoms with Gasteiger partial charge in [0.05, 0.1) is 10.2 Å². The molecule has 21 heavy (non-hydrogen) atoms. The number of halogens is 4. The number of nitrogens with one attached hydrogen (secondary N) is 1. The monoisotopic (exact) mass is 380 g/mol. The van der Waals surface area contributed by atoms with Crippen LogP contribution < -0.4 is 10.5 Å². The van der Waals surface area contributed by atoms with Gasteiger partial charge >= 0.3 is 0 Å². The van der Waals surface area contributed by atoms with Crippen molar-refractivity contribution >= 4 is 37.3 Å². The van der Waals surface area contributed by atoms with Gasteiger partial charge in [0.2, 0.25) is 0 Å². The van der Waals surface area contributed by atoms with E-state index in [9.17, 15) is 21.6 Å². The highest BCUT2D eigenvalue weighted by atomic mass is 79.9. The zero-order valence-electron chi connectivity index (χ0n) is 10.2. The van der Waals surface area contributed by atoms with Crippen molar-refractivity contribution in [1.82, 2.24) is 0 Å². The predicted molar refractivity (Wildman–Crippen MR) is 75.7 cm³/mol. The minimum Gasteiger partial charge on any atom is -0.399 e. The van der Waals surface area contributed by atoms with Crippen LogP contribution in [0.5, 0.6) is 0 Å². The van der Waals surface area contributed by atoms with Gasteiger partial charge in [0, 0.05) is 11.8 Å². The lowest BCUT2D eigenvalue weighted by atomic mass is 10.3. The number of nitrogens with two attached hydrogens (primary N) is 1. The summed E-state index contributed by atoms with van der Waals surface area (Å²) >= 11 is 2.83. The molecule has 0 aliphatic rings. The molecule has 2 rings (SSSR count). The van der Waals surface area contributed by atoms with Crippen molar-refractivity contribution in [3.05, 3.63) is 52.3 Å². The Labute approximate surface area is 127 Å². The van der Waals surface area contributed by atoms with E-state index >= 15 is 0 Å². The van der Waals surface area contributed by atoms with Crippen LogP contribution in [0.25, 0.3) is 0 Å². The molecular formula is C12H8BrF3N2O2S. The normalized spacial score (nSPS) is 11.4. The summed E-state index contributed by atoms with van der Waals surface area (Å²) < 4.78 is 65.9. The van der Waals surface area contributed by atoms with Crippen LogP contribution in [-0.4, -0.2) is 8.42 Å². The molecule has 0 aromatic heterocycles. The summed E-state index contributed by atoms with van der Waals surface area (Å²) in [6.07, 6.45) is 0. The highest BCUT2D eigenvalue weighted by Crippen LogP contribution is 2.28. The van der Waals surface area contributed by atoms with Gasteiger partial charge in [0.15, 0.2) is 5.82 Å². The van der Waals surface area contributed by atoms with E-state index in [0.29, 0.717) is 6.07 Å². The molecule has 0 aliphatic carbocycles. The Morgan fingerprint density at radius 2 is 1.76 bits per heavy atom. The topological polar surface area (TPSA) is 72.2 Å². The Bertz CT molecular complexity index is 812. The fourth-order valence-electron chi connectivity index (χ4n) is 1.55. The second-order valence-corrected chi connectivity index (χ2v) is 6.55. The van der Waals surface area contributed by atoms with Gasteiger partial charge in [-0.15, -0.1) is 0 Å². The fraction of sp³-hybridized carbons (Fsp3) is 0. The van der Waals surface area contributed by atoms with Crippen molar-refractivity contribution < 1.29 is 21.6 Å². The van der Waals surface area contributed by atoms with Crippen molar-refractivity contribution in [2.75, 3.05) is 10.5 Å². The van der Waals surface area contributed by atoms with E-state index < -0.39 is 38.1 Å². The maximum atomic E-state index is 13.9. The van der Waals surface area contributed by atoms with Gasteiger partial charge in [-0.2, -0.15) is 0 Å². The fourth-order valence-corrected chi connectivity index (χ4v) is 3.36. The largest absolute Gasteiger partial charge is 0.399 e. The van der Waals surface area contributed by atoms with E-state index in [1.54, 1.807) is 0 Å². The number of sulfonamides is 1. The third-order valence-electron chi connectivity index (χ3n) is 2.48. The Morgan fingerprint density at radius 3 is 2.38 bits per heavy atom. The Hall–Kier alpha value is -1.74. The van der Waals surface area contributed by atoms with Gasteiger partial charge in [-0.1, -0.05) is 0 Å². The predicted octanol–water partition coefficient (Wildman–Crippen LogP) is 3.25. The second-order valence-electron chi connectivity index (χ2n) is 4.04. The quantitative estimate of drug-likeness (QED) is 0.802. The maximum absolute atomic E-state index is 13.9. The van der Waals surface area contributed by atoms with Crippen LogP contribution in [0.4, 0.5) is 24.5 Å². The maximum Gasteiger partial charge on any atom is 0.265 e. The Morgan fingerprint density at radius 1 is 1.10 bits per heavy atom. The van der Waals surface area contributed by atoms with Crippen molar-refractivity contribution in [3.63, 3.8) is 0 Å². The van der Waals surface area contributed by atoms with Crippen LogP contribution in [0.3, 0.4) is 0 Å². The number of hydrogen-bond acceptors (Lipinski definition) is 3. The SMILES string of the molecule is Nc1cc(Br)c(F)c(S(=O)(=O)Nc2ccc(F)cc2F)c1. The lowest BCUT2D eigenvalue weighted by molar-refractivity contribution is 0.564.